The summed E-state index contributed by atoms with van der Waals surface area (Å²) in [6.45, 7) is 3.33. The standard InChI is InChI=1S/C21H28ClN3O3S/c1-14(19(26)23-13-15-6-4-3-5-7-15)29-21-24-18-12-16(22)8-9-17(18)20(27)25(21)10-11-28-2/h8-9,12,14-15H,3-7,10-11,13H2,1-2H3,(H,23,26). The maximum Gasteiger partial charge on any atom is 0.262 e. The number of halogens is 1. The highest BCUT2D eigenvalue weighted by atomic mass is 35.5. The summed E-state index contributed by atoms with van der Waals surface area (Å²) in [5, 5.41) is 4.24. The van der Waals surface area contributed by atoms with Crippen LogP contribution >= 0.6 is 23.4 Å². The minimum absolute atomic E-state index is 0.0284. The van der Waals surface area contributed by atoms with Gasteiger partial charge in [-0.15, -0.1) is 0 Å². The first-order chi connectivity index (χ1) is 14.0. The second-order valence-electron chi connectivity index (χ2n) is 7.51. The lowest BCUT2D eigenvalue weighted by Gasteiger charge is -2.22. The molecule has 1 atom stereocenters. The zero-order valence-electron chi connectivity index (χ0n) is 16.9. The number of nitrogens with zero attached hydrogens (tertiary/aromatic N) is 2. The highest BCUT2D eigenvalue weighted by Gasteiger charge is 2.21. The summed E-state index contributed by atoms with van der Waals surface area (Å²) in [4.78, 5) is 30.2. The van der Waals surface area contributed by atoms with E-state index >= 15 is 0 Å². The van der Waals surface area contributed by atoms with Crippen molar-refractivity contribution in [2.45, 2.75) is 56.0 Å². The minimum Gasteiger partial charge on any atom is -0.383 e. The number of thioether (sulfide) groups is 1. The monoisotopic (exact) mass is 437 g/mol. The molecule has 3 rings (SSSR count). The maximum atomic E-state index is 13.0. The second kappa shape index (κ2) is 10.5. The van der Waals surface area contributed by atoms with E-state index in [-0.39, 0.29) is 16.7 Å². The topological polar surface area (TPSA) is 73.2 Å². The number of methoxy groups -OCH3 is 1. The smallest absolute Gasteiger partial charge is 0.262 e. The van der Waals surface area contributed by atoms with Crippen LogP contribution < -0.4 is 10.9 Å². The molecule has 0 saturated heterocycles. The van der Waals surface area contributed by atoms with Crippen LogP contribution in [0.25, 0.3) is 10.9 Å². The van der Waals surface area contributed by atoms with Gasteiger partial charge in [0.1, 0.15) is 0 Å². The van der Waals surface area contributed by atoms with Crippen LogP contribution in [0.4, 0.5) is 0 Å². The summed E-state index contributed by atoms with van der Waals surface area (Å²) < 4.78 is 6.73. The Kier molecular flexibility index (Phi) is 7.98. The van der Waals surface area contributed by atoms with Crippen LogP contribution in [0.5, 0.6) is 0 Å². The molecule has 6 nitrogen and oxygen atoms in total. The molecule has 0 spiro atoms. The van der Waals surface area contributed by atoms with Crippen LogP contribution in [-0.2, 0) is 16.1 Å². The van der Waals surface area contributed by atoms with E-state index in [1.54, 1.807) is 29.9 Å². The van der Waals surface area contributed by atoms with E-state index < -0.39 is 0 Å². The largest absolute Gasteiger partial charge is 0.383 e. The molecule has 1 heterocycles. The SMILES string of the molecule is COCCn1c(SC(C)C(=O)NCC2CCCCC2)nc2cc(Cl)ccc2c1=O. The van der Waals surface area contributed by atoms with Crippen LogP contribution in [0.15, 0.2) is 28.2 Å². The van der Waals surface area contributed by atoms with Crippen molar-refractivity contribution in [1.29, 1.82) is 0 Å². The minimum atomic E-state index is -0.365. The summed E-state index contributed by atoms with van der Waals surface area (Å²) in [5.74, 6) is 0.546. The molecule has 1 aliphatic carbocycles. The zero-order valence-corrected chi connectivity index (χ0v) is 18.5. The zero-order chi connectivity index (χ0) is 20.8. The van der Waals surface area contributed by atoms with Gasteiger partial charge in [0.15, 0.2) is 5.16 Å². The molecular formula is C21H28ClN3O3S. The number of hydrogen-bond acceptors (Lipinski definition) is 5. The fourth-order valence-corrected chi connectivity index (χ4v) is 4.76. The van der Waals surface area contributed by atoms with E-state index in [2.05, 4.69) is 10.3 Å². The van der Waals surface area contributed by atoms with Gasteiger partial charge in [-0.1, -0.05) is 42.6 Å². The van der Waals surface area contributed by atoms with Gasteiger partial charge in [0.25, 0.3) is 5.56 Å². The van der Waals surface area contributed by atoms with E-state index in [0.717, 1.165) is 6.54 Å². The first-order valence-corrected chi connectivity index (χ1v) is 11.4. The average Bonchev–Trinajstić information content (AvgIpc) is 2.72. The van der Waals surface area contributed by atoms with E-state index in [4.69, 9.17) is 16.3 Å². The van der Waals surface area contributed by atoms with Crippen LogP contribution in [-0.4, -0.2) is 41.0 Å². The molecule has 1 saturated carbocycles. The predicted octanol–water partition coefficient (Wildman–Crippen LogP) is 3.87. The van der Waals surface area contributed by atoms with Gasteiger partial charge >= 0.3 is 0 Å². The van der Waals surface area contributed by atoms with Crippen molar-refractivity contribution >= 4 is 40.2 Å². The normalized spacial score (nSPS) is 16.1. The third kappa shape index (κ3) is 5.74. The Morgan fingerprint density at radius 1 is 1.38 bits per heavy atom. The number of amides is 1. The lowest BCUT2D eigenvalue weighted by Crippen LogP contribution is -2.36. The van der Waals surface area contributed by atoms with Crippen LogP contribution in [0.1, 0.15) is 39.0 Å². The third-order valence-corrected chi connectivity index (χ3v) is 6.67. The Morgan fingerprint density at radius 2 is 2.14 bits per heavy atom. The van der Waals surface area contributed by atoms with Crippen LogP contribution in [0.3, 0.4) is 0 Å². The van der Waals surface area contributed by atoms with Crippen molar-refractivity contribution in [2.75, 3.05) is 20.3 Å². The first-order valence-electron chi connectivity index (χ1n) is 10.1. The van der Waals surface area contributed by atoms with Gasteiger partial charge < -0.3 is 10.1 Å². The van der Waals surface area contributed by atoms with Crippen LogP contribution in [0.2, 0.25) is 5.02 Å². The molecule has 158 valence electrons. The molecule has 8 heteroatoms. The number of nitrogens with one attached hydrogen (secondary N) is 1. The van der Waals surface area contributed by atoms with E-state index in [0.29, 0.717) is 40.2 Å². The molecule has 1 unspecified atom stereocenters. The first kappa shape index (κ1) is 22.1. The van der Waals surface area contributed by atoms with E-state index in [1.807, 2.05) is 6.92 Å². The summed E-state index contributed by atoms with van der Waals surface area (Å²) in [5.41, 5.74) is 0.384. The van der Waals surface area contributed by atoms with Crippen molar-refractivity contribution in [3.8, 4) is 0 Å². The summed E-state index contributed by atoms with van der Waals surface area (Å²) >= 11 is 7.37. The molecule has 1 fully saturated rings. The van der Waals surface area contributed by atoms with Gasteiger partial charge in [-0.25, -0.2) is 4.98 Å². The van der Waals surface area contributed by atoms with Gasteiger partial charge in [0, 0.05) is 18.7 Å². The molecule has 0 radical (unpaired) electrons. The lowest BCUT2D eigenvalue weighted by molar-refractivity contribution is -0.120. The van der Waals surface area contributed by atoms with E-state index in [9.17, 15) is 9.59 Å². The van der Waals surface area contributed by atoms with Gasteiger partial charge in [-0.3, -0.25) is 14.2 Å². The fourth-order valence-electron chi connectivity index (χ4n) is 3.64. The Morgan fingerprint density at radius 3 is 2.86 bits per heavy atom. The average molecular weight is 438 g/mol. The van der Waals surface area contributed by atoms with Gasteiger partial charge in [0.2, 0.25) is 5.91 Å². The van der Waals surface area contributed by atoms with Crippen LogP contribution in [0, 0.1) is 5.92 Å². The number of rotatable bonds is 8. The van der Waals surface area contributed by atoms with Crippen molar-refractivity contribution in [1.82, 2.24) is 14.9 Å². The third-order valence-electron chi connectivity index (χ3n) is 5.34. The van der Waals surface area contributed by atoms with Gasteiger partial charge in [-0.05, 0) is 43.9 Å². The Bertz CT molecular complexity index is 912. The molecule has 1 aromatic heterocycles. The molecule has 2 aromatic rings. The Hall–Kier alpha value is -1.57. The predicted molar refractivity (Wildman–Crippen MR) is 118 cm³/mol. The van der Waals surface area contributed by atoms with Crippen molar-refractivity contribution < 1.29 is 9.53 Å². The molecule has 0 bridgehead atoms. The number of fused-ring (bicyclic) bond motifs is 1. The van der Waals surface area contributed by atoms with Gasteiger partial charge in [-0.2, -0.15) is 0 Å². The summed E-state index contributed by atoms with van der Waals surface area (Å²) in [7, 11) is 1.59. The van der Waals surface area contributed by atoms with E-state index in [1.165, 1.54) is 43.9 Å². The summed E-state index contributed by atoms with van der Waals surface area (Å²) in [6, 6.07) is 5.05. The number of hydrogen-bond donors (Lipinski definition) is 1. The lowest BCUT2D eigenvalue weighted by atomic mass is 9.89. The molecule has 29 heavy (non-hydrogen) atoms. The molecule has 1 aromatic carbocycles. The van der Waals surface area contributed by atoms with Crippen molar-refractivity contribution in [3.63, 3.8) is 0 Å². The molecule has 0 aliphatic heterocycles. The highest BCUT2D eigenvalue weighted by Crippen LogP contribution is 2.25. The Labute approximate surface area is 180 Å². The van der Waals surface area contributed by atoms with Crippen molar-refractivity contribution in [2.24, 2.45) is 5.92 Å². The molecule has 1 aliphatic rings. The number of carbonyl (C=O) groups excluding carboxylic acids is 1. The molecule has 1 amide bonds. The van der Waals surface area contributed by atoms with Crippen molar-refractivity contribution in [3.05, 3.63) is 33.6 Å². The number of carbonyl (C=O) groups is 1. The fraction of sp³-hybridized carbons (Fsp3) is 0.571. The molecule has 1 N–H and O–H groups in total. The maximum absolute atomic E-state index is 13.0. The second-order valence-corrected chi connectivity index (χ2v) is 9.26. The van der Waals surface area contributed by atoms with Gasteiger partial charge in [0.05, 0.1) is 29.3 Å². The molecular weight excluding hydrogens is 410 g/mol. The highest BCUT2D eigenvalue weighted by molar-refractivity contribution is 8.00. The Balaban J connectivity index is 1.77. The number of benzene rings is 1. The summed E-state index contributed by atoms with van der Waals surface area (Å²) in [6.07, 6.45) is 6.17. The quantitative estimate of drug-likeness (QED) is 0.501. The number of aromatic nitrogens is 2. The number of ether oxygens (including phenoxy) is 1.